The zero-order valence-corrected chi connectivity index (χ0v) is 11.6. The molecule has 0 unspecified atom stereocenters. The minimum absolute atomic E-state index is 0.213. The van der Waals surface area contributed by atoms with E-state index >= 15 is 0 Å². The Balaban J connectivity index is 1.78. The lowest BCUT2D eigenvalue weighted by atomic mass is 9.98. The van der Waals surface area contributed by atoms with E-state index in [-0.39, 0.29) is 5.92 Å². The molecule has 0 radical (unpaired) electrons. The summed E-state index contributed by atoms with van der Waals surface area (Å²) in [6, 6.07) is 7.68. The molecule has 0 bridgehead atoms. The van der Waals surface area contributed by atoms with Gasteiger partial charge in [-0.3, -0.25) is 0 Å². The van der Waals surface area contributed by atoms with E-state index in [1.54, 1.807) is 0 Å². The zero-order chi connectivity index (χ0) is 13.5. The molecule has 3 rings (SSSR count). The highest BCUT2D eigenvalue weighted by Crippen LogP contribution is 2.30. The average molecular weight is 280 g/mol. The lowest BCUT2D eigenvalue weighted by molar-refractivity contribution is 0.295. The fraction of sp³-hybridized carbons (Fsp3) is 0.462. The van der Waals surface area contributed by atoms with Crippen LogP contribution in [0.15, 0.2) is 28.7 Å². The number of benzene rings is 1. The Labute approximate surface area is 112 Å². The number of hydrogen-bond acceptors (Lipinski definition) is 4. The first kappa shape index (κ1) is 12.6. The van der Waals surface area contributed by atoms with Gasteiger partial charge < -0.3 is 4.42 Å². The number of para-hydroxylation sites is 2. The van der Waals surface area contributed by atoms with Crippen molar-refractivity contribution in [3.05, 3.63) is 30.2 Å². The number of hydrogen-bond donors (Lipinski definition) is 0. The van der Waals surface area contributed by atoms with Crippen molar-refractivity contribution >= 4 is 21.1 Å². The summed E-state index contributed by atoms with van der Waals surface area (Å²) in [6.07, 6.45) is 2.78. The van der Waals surface area contributed by atoms with E-state index < -0.39 is 10.0 Å². The van der Waals surface area contributed by atoms with Gasteiger partial charge >= 0.3 is 0 Å². The number of rotatable bonds is 2. The summed E-state index contributed by atoms with van der Waals surface area (Å²) >= 11 is 0. The van der Waals surface area contributed by atoms with Gasteiger partial charge in [-0.25, -0.2) is 17.7 Å². The van der Waals surface area contributed by atoms with Crippen molar-refractivity contribution in [3.8, 4) is 0 Å². The van der Waals surface area contributed by atoms with E-state index in [2.05, 4.69) is 4.98 Å². The summed E-state index contributed by atoms with van der Waals surface area (Å²) in [5, 5.41) is 0. The van der Waals surface area contributed by atoms with Crippen molar-refractivity contribution in [1.29, 1.82) is 0 Å². The molecule has 2 aromatic rings. The van der Waals surface area contributed by atoms with Gasteiger partial charge in [0.15, 0.2) is 11.5 Å². The van der Waals surface area contributed by atoms with Crippen molar-refractivity contribution in [2.24, 2.45) is 0 Å². The summed E-state index contributed by atoms with van der Waals surface area (Å²) in [5.41, 5.74) is 1.66. The van der Waals surface area contributed by atoms with Gasteiger partial charge in [-0.05, 0) is 25.0 Å². The minimum atomic E-state index is -3.07. The van der Waals surface area contributed by atoms with Gasteiger partial charge in [0.2, 0.25) is 10.0 Å². The van der Waals surface area contributed by atoms with Gasteiger partial charge in [0, 0.05) is 19.0 Å². The summed E-state index contributed by atoms with van der Waals surface area (Å²) in [6.45, 7) is 1.09. The highest BCUT2D eigenvalue weighted by molar-refractivity contribution is 7.88. The van der Waals surface area contributed by atoms with E-state index in [0.717, 1.165) is 29.8 Å². The Morgan fingerprint density at radius 3 is 2.58 bits per heavy atom. The number of piperidine rings is 1. The van der Waals surface area contributed by atoms with E-state index in [1.807, 2.05) is 24.3 Å². The Hall–Kier alpha value is -1.40. The van der Waals surface area contributed by atoms with Crippen LogP contribution in [-0.4, -0.2) is 37.1 Å². The largest absolute Gasteiger partial charge is 0.440 e. The van der Waals surface area contributed by atoms with Crippen LogP contribution in [-0.2, 0) is 10.0 Å². The van der Waals surface area contributed by atoms with Gasteiger partial charge in [-0.15, -0.1) is 0 Å². The quantitative estimate of drug-likeness (QED) is 0.843. The van der Waals surface area contributed by atoms with Crippen LogP contribution in [0, 0.1) is 0 Å². The zero-order valence-electron chi connectivity index (χ0n) is 10.7. The van der Waals surface area contributed by atoms with Gasteiger partial charge in [-0.2, -0.15) is 0 Å². The minimum Gasteiger partial charge on any atom is -0.440 e. The molecule has 19 heavy (non-hydrogen) atoms. The first-order valence-electron chi connectivity index (χ1n) is 6.34. The maximum Gasteiger partial charge on any atom is 0.211 e. The normalized spacial score (nSPS) is 19.0. The second-order valence-corrected chi connectivity index (χ2v) is 6.94. The smallest absolute Gasteiger partial charge is 0.211 e. The monoisotopic (exact) mass is 280 g/mol. The van der Waals surface area contributed by atoms with Crippen LogP contribution in [0.5, 0.6) is 0 Å². The lowest BCUT2D eigenvalue weighted by Crippen LogP contribution is -2.37. The summed E-state index contributed by atoms with van der Waals surface area (Å²) in [5.74, 6) is 0.944. The van der Waals surface area contributed by atoms with Crippen LogP contribution in [0.3, 0.4) is 0 Å². The van der Waals surface area contributed by atoms with E-state index in [9.17, 15) is 8.42 Å². The molecule has 5 nitrogen and oxygen atoms in total. The maximum atomic E-state index is 11.5. The molecule has 102 valence electrons. The third-order valence-corrected chi connectivity index (χ3v) is 4.89. The Morgan fingerprint density at radius 1 is 1.26 bits per heavy atom. The van der Waals surface area contributed by atoms with E-state index in [1.165, 1.54) is 10.6 Å². The fourth-order valence-electron chi connectivity index (χ4n) is 2.50. The third-order valence-electron chi connectivity index (χ3n) is 3.58. The topological polar surface area (TPSA) is 63.4 Å². The maximum absolute atomic E-state index is 11.5. The van der Waals surface area contributed by atoms with Crippen molar-refractivity contribution in [3.63, 3.8) is 0 Å². The van der Waals surface area contributed by atoms with Crippen molar-refractivity contribution < 1.29 is 12.8 Å². The molecule has 0 spiro atoms. The average Bonchev–Trinajstić information content (AvgIpc) is 2.81. The molecule has 6 heteroatoms. The van der Waals surface area contributed by atoms with Crippen LogP contribution in [0.2, 0.25) is 0 Å². The van der Waals surface area contributed by atoms with Crippen LogP contribution in [0.1, 0.15) is 24.7 Å². The number of nitrogens with zero attached hydrogens (tertiary/aromatic N) is 2. The standard InChI is InChI=1S/C13H16N2O3S/c1-19(16,17)15-8-6-10(7-9-15)13-14-11-4-2-3-5-12(11)18-13/h2-5,10H,6-9H2,1H3. The molecular formula is C13H16N2O3S. The molecule has 1 aliphatic heterocycles. The number of oxazole rings is 1. The molecule has 1 saturated heterocycles. The van der Waals surface area contributed by atoms with Crippen LogP contribution in [0.25, 0.3) is 11.1 Å². The highest BCUT2D eigenvalue weighted by Gasteiger charge is 2.28. The third kappa shape index (κ3) is 2.50. The molecule has 1 aromatic carbocycles. The van der Waals surface area contributed by atoms with Crippen LogP contribution in [0.4, 0.5) is 0 Å². The SMILES string of the molecule is CS(=O)(=O)N1CCC(c2nc3ccccc3o2)CC1. The van der Waals surface area contributed by atoms with Crippen molar-refractivity contribution in [2.75, 3.05) is 19.3 Å². The predicted molar refractivity (Wildman–Crippen MR) is 72.4 cm³/mol. The van der Waals surface area contributed by atoms with Crippen LogP contribution >= 0.6 is 0 Å². The molecule has 0 saturated carbocycles. The molecule has 0 atom stereocenters. The van der Waals surface area contributed by atoms with E-state index in [0.29, 0.717) is 13.1 Å². The van der Waals surface area contributed by atoms with Gasteiger partial charge in [0.05, 0.1) is 6.26 Å². The fourth-order valence-corrected chi connectivity index (χ4v) is 3.37. The number of sulfonamides is 1. The summed E-state index contributed by atoms with van der Waals surface area (Å²) < 4.78 is 30.2. The predicted octanol–water partition coefficient (Wildman–Crippen LogP) is 1.97. The van der Waals surface area contributed by atoms with Gasteiger partial charge in [0.25, 0.3) is 0 Å². The van der Waals surface area contributed by atoms with Gasteiger partial charge in [-0.1, -0.05) is 12.1 Å². The van der Waals surface area contributed by atoms with Crippen molar-refractivity contribution in [2.45, 2.75) is 18.8 Å². The Bertz CT molecular complexity index is 652. The first-order valence-corrected chi connectivity index (χ1v) is 8.19. The highest BCUT2D eigenvalue weighted by atomic mass is 32.2. The number of fused-ring (bicyclic) bond motifs is 1. The molecule has 2 heterocycles. The van der Waals surface area contributed by atoms with Crippen molar-refractivity contribution in [1.82, 2.24) is 9.29 Å². The summed E-state index contributed by atoms with van der Waals surface area (Å²) in [7, 11) is -3.07. The number of aromatic nitrogens is 1. The second kappa shape index (κ2) is 4.61. The molecule has 0 amide bonds. The molecule has 0 N–H and O–H groups in total. The Morgan fingerprint density at radius 2 is 1.95 bits per heavy atom. The first-order chi connectivity index (χ1) is 9.04. The van der Waals surface area contributed by atoms with Gasteiger partial charge in [0.1, 0.15) is 5.52 Å². The second-order valence-electron chi connectivity index (χ2n) is 4.96. The molecule has 0 aliphatic carbocycles. The summed E-state index contributed by atoms with van der Waals surface area (Å²) in [4.78, 5) is 4.49. The van der Waals surface area contributed by atoms with E-state index in [4.69, 9.17) is 4.42 Å². The Kier molecular flexibility index (Phi) is 3.06. The van der Waals surface area contributed by atoms with Crippen LogP contribution < -0.4 is 0 Å². The molecule has 1 fully saturated rings. The lowest BCUT2D eigenvalue weighted by Gasteiger charge is -2.28. The molecular weight excluding hydrogens is 264 g/mol. The molecule has 1 aliphatic rings. The molecule has 1 aromatic heterocycles.